The van der Waals surface area contributed by atoms with Gasteiger partial charge in [-0.1, -0.05) is 18.2 Å². The topological polar surface area (TPSA) is 44.8 Å². The Bertz CT molecular complexity index is 759. The molecule has 2 aromatic rings. The summed E-state index contributed by atoms with van der Waals surface area (Å²) in [6.07, 6.45) is 0. The maximum atomic E-state index is 12.6. The Morgan fingerprint density at radius 1 is 1.22 bits per heavy atom. The van der Waals surface area contributed by atoms with E-state index < -0.39 is 0 Å². The van der Waals surface area contributed by atoms with Gasteiger partial charge in [-0.05, 0) is 41.1 Å². The molecule has 1 fully saturated rings. The molecular weight excluding hydrogens is 426 g/mol. The van der Waals surface area contributed by atoms with Crippen LogP contribution >= 0.6 is 27.3 Å². The molecular formula is C20H26BrN3O2S. The van der Waals surface area contributed by atoms with Crippen molar-refractivity contribution in [3.63, 3.8) is 0 Å². The van der Waals surface area contributed by atoms with E-state index in [1.165, 1.54) is 8.66 Å². The van der Waals surface area contributed by atoms with E-state index in [1.54, 1.807) is 18.4 Å². The largest absolute Gasteiger partial charge is 0.496 e. The first-order valence-electron chi connectivity index (χ1n) is 9.17. The maximum Gasteiger partial charge on any atom is 0.237 e. The minimum Gasteiger partial charge on any atom is -0.496 e. The number of thiophene rings is 1. The Balaban J connectivity index is 1.45. The Morgan fingerprint density at radius 3 is 2.63 bits per heavy atom. The molecule has 1 aliphatic heterocycles. The van der Waals surface area contributed by atoms with Crippen molar-refractivity contribution < 1.29 is 9.53 Å². The van der Waals surface area contributed by atoms with Gasteiger partial charge in [-0.15, -0.1) is 11.3 Å². The van der Waals surface area contributed by atoms with E-state index >= 15 is 0 Å². The molecule has 27 heavy (non-hydrogen) atoms. The maximum absolute atomic E-state index is 12.6. The molecule has 1 atom stereocenters. The lowest BCUT2D eigenvalue weighted by Gasteiger charge is -2.37. The molecule has 2 heterocycles. The Hall–Kier alpha value is -1.41. The smallest absolute Gasteiger partial charge is 0.237 e. The van der Waals surface area contributed by atoms with Crippen LogP contribution in [0.25, 0.3) is 0 Å². The van der Waals surface area contributed by atoms with Crippen molar-refractivity contribution >= 4 is 33.2 Å². The second-order valence-corrected chi connectivity index (χ2v) is 9.27. The molecule has 1 unspecified atom stereocenters. The summed E-state index contributed by atoms with van der Waals surface area (Å²) in [5, 5.41) is 3.05. The van der Waals surface area contributed by atoms with Gasteiger partial charge in [0, 0.05) is 49.7 Å². The van der Waals surface area contributed by atoms with Crippen molar-refractivity contribution in [2.24, 2.45) is 0 Å². The molecule has 0 bridgehead atoms. The van der Waals surface area contributed by atoms with Gasteiger partial charge in [-0.25, -0.2) is 0 Å². The van der Waals surface area contributed by atoms with Crippen LogP contribution in [0.1, 0.15) is 17.4 Å². The van der Waals surface area contributed by atoms with Crippen LogP contribution in [0.3, 0.4) is 0 Å². The highest BCUT2D eigenvalue weighted by molar-refractivity contribution is 9.11. The molecule has 0 aliphatic carbocycles. The van der Waals surface area contributed by atoms with Crippen molar-refractivity contribution in [2.45, 2.75) is 26.1 Å². The summed E-state index contributed by atoms with van der Waals surface area (Å²) in [5.41, 5.74) is 0.993. The first kappa shape index (κ1) is 20.3. The molecule has 1 aromatic heterocycles. The average molecular weight is 452 g/mol. The van der Waals surface area contributed by atoms with Gasteiger partial charge in [0.05, 0.1) is 16.9 Å². The van der Waals surface area contributed by atoms with Crippen molar-refractivity contribution in [2.75, 3.05) is 33.3 Å². The van der Waals surface area contributed by atoms with Gasteiger partial charge in [0.25, 0.3) is 0 Å². The Kier molecular flexibility index (Phi) is 7.29. The van der Waals surface area contributed by atoms with Crippen molar-refractivity contribution in [1.29, 1.82) is 0 Å². The highest BCUT2D eigenvalue weighted by Gasteiger charge is 2.25. The van der Waals surface area contributed by atoms with Gasteiger partial charge in [-0.2, -0.15) is 0 Å². The second-order valence-electron chi connectivity index (χ2n) is 6.72. The number of carbonyl (C=O) groups is 1. The van der Waals surface area contributed by atoms with Crippen LogP contribution in [0.2, 0.25) is 0 Å². The highest BCUT2D eigenvalue weighted by Crippen LogP contribution is 2.24. The number of hydrogen-bond acceptors (Lipinski definition) is 5. The average Bonchev–Trinajstić information content (AvgIpc) is 3.11. The summed E-state index contributed by atoms with van der Waals surface area (Å²) in [7, 11) is 1.65. The van der Waals surface area contributed by atoms with E-state index in [2.05, 4.69) is 43.2 Å². The SMILES string of the molecule is COc1ccccc1CNC(=O)C(C)N1CCN(Cc2ccc(Br)s2)CC1. The summed E-state index contributed by atoms with van der Waals surface area (Å²) in [4.78, 5) is 18.7. The van der Waals surface area contributed by atoms with Crippen molar-refractivity contribution in [3.8, 4) is 5.75 Å². The highest BCUT2D eigenvalue weighted by atomic mass is 79.9. The van der Waals surface area contributed by atoms with Gasteiger partial charge in [0.1, 0.15) is 5.75 Å². The Morgan fingerprint density at radius 2 is 1.96 bits per heavy atom. The monoisotopic (exact) mass is 451 g/mol. The lowest BCUT2D eigenvalue weighted by molar-refractivity contribution is -0.126. The van der Waals surface area contributed by atoms with Crippen LogP contribution in [-0.2, 0) is 17.9 Å². The normalized spacial score (nSPS) is 16.9. The summed E-state index contributed by atoms with van der Waals surface area (Å²) in [6, 6.07) is 11.9. The number of halogens is 1. The number of nitrogens with one attached hydrogen (secondary N) is 1. The standard InChI is InChI=1S/C20H26BrN3O2S/c1-15(20(25)22-13-16-5-3-4-6-18(16)26-2)24-11-9-23(10-12-24)14-17-7-8-19(21)27-17/h3-8,15H,9-14H2,1-2H3,(H,22,25). The first-order chi connectivity index (χ1) is 13.1. The number of para-hydroxylation sites is 1. The number of hydrogen-bond donors (Lipinski definition) is 1. The van der Waals surface area contributed by atoms with E-state index in [9.17, 15) is 4.79 Å². The third kappa shape index (κ3) is 5.54. The number of piperazine rings is 1. The number of carbonyl (C=O) groups excluding carboxylic acids is 1. The van der Waals surface area contributed by atoms with Gasteiger partial charge in [-0.3, -0.25) is 14.6 Å². The Labute approximate surface area is 173 Å². The van der Waals surface area contributed by atoms with E-state index in [4.69, 9.17) is 4.74 Å². The molecule has 5 nitrogen and oxygen atoms in total. The third-order valence-corrected chi connectivity index (χ3v) is 6.60. The molecule has 1 aromatic carbocycles. The number of methoxy groups -OCH3 is 1. The number of rotatable bonds is 7. The summed E-state index contributed by atoms with van der Waals surface area (Å²) in [6.45, 7) is 7.26. The van der Waals surface area contributed by atoms with Gasteiger partial charge >= 0.3 is 0 Å². The lowest BCUT2D eigenvalue weighted by atomic mass is 10.1. The lowest BCUT2D eigenvalue weighted by Crippen LogP contribution is -2.53. The number of ether oxygens (including phenoxy) is 1. The van der Waals surface area contributed by atoms with Crippen LogP contribution in [0.5, 0.6) is 5.75 Å². The molecule has 146 valence electrons. The molecule has 1 aliphatic rings. The fraction of sp³-hybridized carbons (Fsp3) is 0.450. The fourth-order valence-electron chi connectivity index (χ4n) is 3.31. The summed E-state index contributed by atoms with van der Waals surface area (Å²) in [5.74, 6) is 0.871. The minimum absolute atomic E-state index is 0.0662. The molecule has 7 heteroatoms. The van der Waals surface area contributed by atoms with Gasteiger partial charge < -0.3 is 10.1 Å². The van der Waals surface area contributed by atoms with Crippen LogP contribution in [0.15, 0.2) is 40.2 Å². The third-order valence-electron chi connectivity index (χ3n) is 4.99. The van der Waals surface area contributed by atoms with Crippen LogP contribution in [-0.4, -0.2) is 55.0 Å². The molecule has 0 radical (unpaired) electrons. The zero-order valence-electron chi connectivity index (χ0n) is 15.8. The predicted molar refractivity (Wildman–Crippen MR) is 113 cm³/mol. The molecule has 1 saturated heterocycles. The molecule has 3 rings (SSSR count). The molecule has 1 N–H and O–H groups in total. The van der Waals surface area contributed by atoms with E-state index in [-0.39, 0.29) is 11.9 Å². The molecule has 0 spiro atoms. The van der Waals surface area contributed by atoms with Gasteiger partial charge in [0.2, 0.25) is 5.91 Å². The van der Waals surface area contributed by atoms with Crippen LogP contribution < -0.4 is 10.1 Å². The first-order valence-corrected chi connectivity index (χ1v) is 10.8. The zero-order chi connectivity index (χ0) is 19.2. The molecule has 1 amide bonds. The minimum atomic E-state index is -0.127. The number of amides is 1. The summed E-state index contributed by atoms with van der Waals surface area (Å²) < 4.78 is 6.52. The fourth-order valence-corrected chi connectivity index (χ4v) is 4.84. The summed E-state index contributed by atoms with van der Waals surface area (Å²) >= 11 is 5.31. The quantitative estimate of drug-likeness (QED) is 0.700. The van der Waals surface area contributed by atoms with Crippen LogP contribution in [0, 0.1) is 0 Å². The number of nitrogens with zero attached hydrogens (tertiary/aromatic N) is 2. The second kappa shape index (κ2) is 9.68. The van der Waals surface area contributed by atoms with Crippen molar-refractivity contribution in [3.05, 3.63) is 50.6 Å². The zero-order valence-corrected chi connectivity index (χ0v) is 18.2. The van der Waals surface area contributed by atoms with Crippen LogP contribution in [0.4, 0.5) is 0 Å². The van der Waals surface area contributed by atoms with E-state index in [0.717, 1.165) is 44.0 Å². The molecule has 0 saturated carbocycles. The van der Waals surface area contributed by atoms with Crippen molar-refractivity contribution in [1.82, 2.24) is 15.1 Å². The number of benzene rings is 1. The van der Waals surface area contributed by atoms with Gasteiger partial charge in [0.15, 0.2) is 0 Å². The van der Waals surface area contributed by atoms with E-state index in [0.29, 0.717) is 6.54 Å². The predicted octanol–water partition coefficient (Wildman–Crippen LogP) is 3.34. The van der Waals surface area contributed by atoms with E-state index in [1.807, 2.05) is 31.2 Å².